The molecular formula is C11H17NO3. The van der Waals surface area contributed by atoms with Crippen molar-refractivity contribution in [1.82, 2.24) is 5.32 Å². The summed E-state index contributed by atoms with van der Waals surface area (Å²) in [6, 6.07) is 9.10. The summed E-state index contributed by atoms with van der Waals surface area (Å²) in [5.41, 5.74) is 0.729. The third kappa shape index (κ3) is 9.08. The van der Waals surface area contributed by atoms with Gasteiger partial charge in [0.25, 0.3) is 0 Å². The van der Waals surface area contributed by atoms with Gasteiger partial charge >= 0.3 is 0 Å². The Bertz CT molecular complexity index is 235. The lowest BCUT2D eigenvalue weighted by atomic mass is 10.2. The molecule has 15 heavy (non-hydrogen) atoms. The van der Waals surface area contributed by atoms with Gasteiger partial charge in [0.15, 0.2) is 0 Å². The van der Waals surface area contributed by atoms with Gasteiger partial charge in [0.2, 0.25) is 0 Å². The first-order valence-corrected chi connectivity index (χ1v) is 4.77. The standard InChI is InChI=1S/C7H6O.C4H11NO2/c8-6-7-4-2-1-3-5-7;6-3-1-5-2-4-7/h1-6H;5-7H,1-4H2. The van der Waals surface area contributed by atoms with E-state index < -0.39 is 0 Å². The second-order valence-corrected chi connectivity index (χ2v) is 2.73. The molecule has 84 valence electrons. The Morgan fingerprint density at radius 1 is 1.07 bits per heavy atom. The number of aliphatic hydroxyl groups excluding tert-OH is 2. The number of aldehydes is 1. The molecule has 4 nitrogen and oxygen atoms in total. The Balaban J connectivity index is 0.000000265. The van der Waals surface area contributed by atoms with Crippen molar-refractivity contribution in [1.29, 1.82) is 0 Å². The van der Waals surface area contributed by atoms with Crippen LogP contribution in [0.25, 0.3) is 0 Å². The van der Waals surface area contributed by atoms with Gasteiger partial charge < -0.3 is 15.5 Å². The number of carbonyl (C=O) groups is 1. The zero-order valence-electron chi connectivity index (χ0n) is 8.60. The molecule has 0 saturated carbocycles. The molecule has 0 spiro atoms. The largest absolute Gasteiger partial charge is 0.395 e. The van der Waals surface area contributed by atoms with E-state index in [1.54, 1.807) is 12.1 Å². The highest BCUT2D eigenvalue weighted by molar-refractivity contribution is 5.74. The molecule has 0 aliphatic heterocycles. The summed E-state index contributed by atoms with van der Waals surface area (Å²) in [6.45, 7) is 1.42. The molecule has 1 aromatic carbocycles. The molecule has 3 N–H and O–H groups in total. The van der Waals surface area contributed by atoms with Gasteiger partial charge in [-0.05, 0) is 0 Å². The molecule has 1 rings (SSSR count). The fourth-order valence-corrected chi connectivity index (χ4v) is 0.815. The van der Waals surface area contributed by atoms with E-state index in [2.05, 4.69) is 5.32 Å². The average Bonchev–Trinajstić information content (AvgIpc) is 2.32. The Morgan fingerprint density at radius 3 is 1.93 bits per heavy atom. The second-order valence-electron chi connectivity index (χ2n) is 2.73. The highest BCUT2D eigenvalue weighted by Crippen LogP contribution is 1.91. The van der Waals surface area contributed by atoms with E-state index in [1.165, 1.54) is 0 Å². The topological polar surface area (TPSA) is 69.6 Å². The van der Waals surface area contributed by atoms with E-state index in [4.69, 9.17) is 10.2 Å². The monoisotopic (exact) mass is 211 g/mol. The van der Waals surface area contributed by atoms with Gasteiger partial charge in [-0.25, -0.2) is 0 Å². The van der Waals surface area contributed by atoms with Crippen molar-refractivity contribution in [2.75, 3.05) is 26.3 Å². The molecule has 0 fully saturated rings. The van der Waals surface area contributed by atoms with Gasteiger partial charge in [0.1, 0.15) is 6.29 Å². The highest BCUT2D eigenvalue weighted by atomic mass is 16.3. The smallest absolute Gasteiger partial charge is 0.150 e. The molecule has 0 radical (unpaired) electrons. The summed E-state index contributed by atoms with van der Waals surface area (Å²) in [5, 5.41) is 19.1. The Hall–Kier alpha value is -1.23. The van der Waals surface area contributed by atoms with Crippen LogP contribution in [0, 0.1) is 0 Å². The zero-order valence-corrected chi connectivity index (χ0v) is 8.60. The predicted octanol–water partition coefficient (Wildman–Crippen LogP) is 0.0597. The number of carbonyl (C=O) groups excluding carboxylic acids is 1. The van der Waals surface area contributed by atoms with E-state index in [0.29, 0.717) is 13.1 Å². The van der Waals surface area contributed by atoms with Crippen LogP contribution in [0.3, 0.4) is 0 Å². The predicted molar refractivity (Wildman–Crippen MR) is 58.9 cm³/mol. The van der Waals surface area contributed by atoms with Gasteiger partial charge in [-0.2, -0.15) is 0 Å². The highest BCUT2D eigenvalue weighted by Gasteiger charge is 1.80. The van der Waals surface area contributed by atoms with Crippen LogP contribution in [0.1, 0.15) is 10.4 Å². The maximum absolute atomic E-state index is 10.0. The molecule has 4 heteroatoms. The van der Waals surface area contributed by atoms with Gasteiger partial charge in [-0.15, -0.1) is 0 Å². The number of hydrogen-bond acceptors (Lipinski definition) is 4. The maximum atomic E-state index is 10.0. The normalized spacial score (nSPS) is 8.93. The second kappa shape index (κ2) is 10.8. The fourth-order valence-electron chi connectivity index (χ4n) is 0.815. The summed E-state index contributed by atoms with van der Waals surface area (Å²) in [7, 11) is 0. The molecule has 0 bridgehead atoms. The van der Waals surface area contributed by atoms with Crippen molar-refractivity contribution in [2.45, 2.75) is 0 Å². The Morgan fingerprint density at radius 2 is 1.60 bits per heavy atom. The Kier molecular flexibility index (Phi) is 9.96. The van der Waals surface area contributed by atoms with Crippen LogP contribution in [0.4, 0.5) is 0 Å². The van der Waals surface area contributed by atoms with Crippen molar-refractivity contribution < 1.29 is 15.0 Å². The minimum absolute atomic E-state index is 0.139. The molecule has 0 aromatic heterocycles. The first-order chi connectivity index (χ1) is 7.35. The van der Waals surface area contributed by atoms with Crippen LogP contribution in [0.15, 0.2) is 30.3 Å². The molecule has 1 aromatic rings. The lowest BCUT2D eigenvalue weighted by Gasteiger charge is -1.94. The first kappa shape index (κ1) is 13.8. The van der Waals surface area contributed by atoms with Crippen molar-refractivity contribution >= 4 is 6.29 Å². The van der Waals surface area contributed by atoms with Gasteiger partial charge in [-0.1, -0.05) is 30.3 Å². The van der Waals surface area contributed by atoms with Crippen LogP contribution in [0.5, 0.6) is 0 Å². The number of nitrogens with one attached hydrogen (secondary N) is 1. The molecule has 0 amide bonds. The molecule has 0 aliphatic carbocycles. The molecular weight excluding hydrogens is 194 g/mol. The van der Waals surface area contributed by atoms with Crippen LogP contribution in [0.2, 0.25) is 0 Å². The van der Waals surface area contributed by atoms with Gasteiger partial charge in [0, 0.05) is 18.7 Å². The summed E-state index contributed by atoms with van der Waals surface area (Å²) < 4.78 is 0. The quantitative estimate of drug-likeness (QED) is 0.476. The van der Waals surface area contributed by atoms with Crippen LogP contribution < -0.4 is 5.32 Å². The number of rotatable bonds is 5. The van der Waals surface area contributed by atoms with E-state index in [-0.39, 0.29) is 13.2 Å². The van der Waals surface area contributed by atoms with Crippen molar-refractivity contribution in [2.24, 2.45) is 0 Å². The Labute approximate surface area is 89.6 Å². The SMILES string of the molecule is O=Cc1ccccc1.OCCNCCO. The number of hydrogen-bond donors (Lipinski definition) is 3. The zero-order chi connectivity index (χ0) is 11.4. The van der Waals surface area contributed by atoms with E-state index in [1.807, 2.05) is 18.2 Å². The fraction of sp³-hybridized carbons (Fsp3) is 0.364. The molecule has 0 saturated heterocycles. The minimum Gasteiger partial charge on any atom is -0.395 e. The first-order valence-electron chi connectivity index (χ1n) is 4.77. The summed E-state index contributed by atoms with van der Waals surface area (Å²) in [6.07, 6.45) is 0.833. The molecule has 0 heterocycles. The molecule has 0 unspecified atom stereocenters. The third-order valence-corrected chi connectivity index (χ3v) is 1.51. The van der Waals surface area contributed by atoms with E-state index in [0.717, 1.165) is 11.8 Å². The third-order valence-electron chi connectivity index (χ3n) is 1.51. The van der Waals surface area contributed by atoms with Crippen molar-refractivity contribution in [3.8, 4) is 0 Å². The maximum Gasteiger partial charge on any atom is 0.150 e. The molecule has 0 aliphatic rings. The lowest BCUT2D eigenvalue weighted by Crippen LogP contribution is -2.21. The lowest BCUT2D eigenvalue weighted by molar-refractivity contribution is 0.112. The van der Waals surface area contributed by atoms with Crippen LogP contribution in [-0.4, -0.2) is 42.8 Å². The summed E-state index contributed by atoms with van der Waals surface area (Å²) in [4.78, 5) is 10.0. The van der Waals surface area contributed by atoms with Crippen molar-refractivity contribution in [3.05, 3.63) is 35.9 Å². The molecule has 0 atom stereocenters. The number of benzene rings is 1. The number of aliphatic hydroxyl groups is 2. The van der Waals surface area contributed by atoms with Gasteiger partial charge in [0.05, 0.1) is 13.2 Å². The average molecular weight is 211 g/mol. The van der Waals surface area contributed by atoms with Crippen LogP contribution >= 0.6 is 0 Å². The van der Waals surface area contributed by atoms with Crippen LogP contribution in [-0.2, 0) is 0 Å². The minimum atomic E-state index is 0.139. The summed E-state index contributed by atoms with van der Waals surface area (Å²) in [5.74, 6) is 0. The summed E-state index contributed by atoms with van der Waals surface area (Å²) >= 11 is 0. The van der Waals surface area contributed by atoms with Crippen molar-refractivity contribution in [3.63, 3.8) is 0 Å². The van der Waals surface area contributed by atoms with E-state index >= 15 is 0 Å². The van der Waals surface area contributed by atoms with E-state index in [9.17, 15) is 4.79 Å². The van der Waals surface area contributed by atoms with Gasteiger partial charge in [-0.3, -0.25) is 4.79 Å².